The van der Waals surface area contributed by atoms with Crippen LogP contribution in [0.15, 0.2) is 12.7 Å². The van der Waals surface area contributed by atoms with E-state index in [9.17, 15) is 14.4 Å². The van der Waals surface area contributed by atoms with Crippen LogP contribution in [0.1, 0.15) is 12.8 Å². The van der Waals surface area contributed by atoms with E-state index in [4.69, 9.17) is 5.73 Å². The van der Waals surface area contributed by atoms with E-state index in [-0.39, 0.29) is 12.8 Å². The topological polar surface area (TPSA) is 108 Å². The molecule has 0 aliphatic carbocycles. The molecule has 0 unspecified atom stereocenters. The van der Waals surface area contributed by atoms with Crippen LogP contribution in [0.25, 0.3) is 0 Å². The minimum Gasteiger partial charge on any atom is -0.390 e. The number of hydrogen-bond donors (Lipinski definition) is 2. The van der Waals surface area contributed by atoms with Crippen molar-refractivity contribution in [2.75, 3.05) is 13.1 Å². The summed E-state index contributed by atoms with van der Waals surface area (Å²) < 4.78 is 4.23. The van der Waals surface area contributed by atoms with Crippen molar-refractivity contribution in [1.29, 1.82) is 0 Å². The zero-order valence-corrected chi connectivity index (χ0v) is 8.73. The summed E-state index contributed by atoms with van der Waals surface area (Å²) in [5.41, 5.74) is 7.43. The van der Waals surface area contributed by atoms with Crippen LogP contribution in [-0.4, -0.2) is 31.0 Å². The van der Waals surface area contributed by atoms with Gasteiger partial charge in [-0.05, 0) is 0 Å². The SMILES string of the molecule is C=CC(=O)OC(=O)CCC(=O)ONCCN. The van der Waals surface area contributed by atoms with Crippen LogP contribution in [0, 0.1) is 0 Å². The Kier molecular flexibility index (Phi) is 7.64. The number of nitrogens with one attached hydrogen (secondary N) is 1. The van der Waals surface area contributed by atoms with Gasteiger partial charge in [-0.15, -0.1) is 0 Å². The Labute approximate surface area is 92.5 Å². The van der Waals surface area contributed by atoms with Gasteiger partial charge >= 0.3 is 17.9 Å². The maximum Gasteiger partial charge on any atom is 0.337 e. The fourth-order valence-corrected chi connectivity index (χ4v) is 0.650. The van der Waals surface area contributed by atoms with Gasteiger partial charge in [-0.2, -0.15) is 5.48 Å². The van der Waals surface area contributed by atoms with Gasteiger partial charge in [0.15, 0.2) is 0 Å². The van der Waals surface area contributed by atoms with Gasteiger partial charge in [-0.1, -0.05) is 6.58 Å². The van der Waals surface area contributed by atoms with Gasteiger partial charge in [-0.25, -0.2) is 4.79 Å². The molecule has 3 N–H and O–H groups in total. The maximum absolute atomic E-state index is 10.9. The Morgan fingerprint density at radius 1 is 1.25 bits per heavy atom. The predicted molar refractivity (Wildman–Crippen MR) is 53.7 cm³/mol. The first-order valence-electron chi connectivity index (χ1n) is 4.59. The molecule has 0 fully saturated rings. The first kappa shape index (κ1) is 14.3. The quantitative estimate of drug-likeness (QED) is 0.190. The molecule has 0 amide bonds. The van der Waals surface area contributed by atoms with Crippen LogP contribution in [0.4, 0.5) is 0 Å². The zero-order chi connectivity index (χ0) is 12.4. The third-order valence-electron chi connectivity index (χ3n) is 1.35. The number of ether oxygens (including phenoxy) is 1. The summed E-state index contributed by atoms with van der Waals surface area (Å²) in [5, 5.41) is 0. The van der Waals surface area contributed by atoms with Crippen molar-refractivity contribution in [1.82, 2.24) is 5.48 Å². The van der Waals surface area contributed by atoms with Crippen molar-refractivity contribution in [2.24, 2.45) is 5.73 Å². The first-order valence-corrected chi connectivity index (χ1v) is 4.59. The number of rotatable bonds is 7. The largest absolute Gasteiger partial charge is 0.390 e. The van der Waals surface area contributed by atoms with Crippen molar-refractivity contribution in [3.8, 4) is 0 Å². The molecule has 0 rings (SSSR count). The highest BCUT2D eigenvalue weighted by Gasteiger charge is 2.11. The molecule has 0 aromatic heterocycles. The molecule has 0 aliphatic rings. The van der Waals surface area contributed by atoms with Crippen molar-refractivity contribution >= 4 is 17.9 Å². The predicted octanol–water partition coefficient (Wildman–Crippen LogP) is -0.971. The fraction of sp³-hybridized carbons (Fsp3) is 0.444. The lowest BCUT2D eigenvalue weighted by Gasteiger charge is -2.03. The molecule has 0 radical (unpaired) electrons. The van der Waals surface area contributed by atoms with E-state index >= 15 is 0 Å². The maximum atomic E-state index is 10.9. The standard InChI is InChI=1S/C9H14N2O5/c1-2-7(12)15-8(13)3-4-9(14)16-11-6-5-10/h2,11H,1,3-6,10H2. The molecule has 0 heterocycles. The molecular formula is C9H14N2O5. The number of hydrogen-bond acceptors (Lipinski definition) is 7. The van der Waals surface area contributed by atoms with Crippen molar-refractivity contribution in [3.05, 3.63) is 12.7 Å². The Hall–Kier alpha value is -1.73. The molecule has 7 heteroatoms. The van der Waals surface area contributed by atoms with Gasteiger partial charge in [0.25, 0.3) is 0 Å². The number of hydroxylamine groups is 1. The van der Waals surface area contributed by atoms with Crippen LogP contribution >= 0.6 is 0 Å². The summed E-state index contributed by atoms with van der Waals surface area (Å²) in [6.07, 6.45) is 0.447. The minimum absolute atomic E-state index is 0.180. The third-order valence-corrected chi connectivity index (χ3v) is 1.35. The fourth-order valence-electron chi connectivity index (χ4n) is 0.650. The van der Waals surface area contributed by atoms with Crippen molar-refractivity contribution in [2.45, 2.75) is 12.8 Å². The van der Waals surface area contributed by atoms with E-state index in [0.29, 0.717) is 13.1 Å². The van der Waals surface area contributed by atoms with E-state index in [1.165, 1.54) is 0 Å². The zero-order valence-electron chi connectivity index (χ0n) is 8.73. The number of esters is 2. The number of carbonyl (C=O) groups excluding carboxylic acids is 3. The molecular weight excluding hydrogens is 216 g/mol. The van der Waals surface area contributed by atoms with Crippen molar-refractivity contribution < 1.29 is 24.0 Å². The van der Waals surface area contributed by atoms with Gasteiger partial charge in [0.05, 0.1) is 12.8 Å². The normalized spacial score (nSPS) is 9.31. The highest BCUT2D eigenvalue weighted by Crippen LogP contribution is 1.95. The molecule has 0 aliphatic heterocycles. The van der Waals surface area contributed by atoms with E-state index in [2.05, 4.69) is 21.6 Å². The summed E-state index contributed by atoms with van der Waals surface area (Å²) >= 11 is 0. The van der Waals surface area contributed by atoms with Gasteiger partial charge in [-0.3, -0.25) is 9.59 Å². The Balaban J connectivity index is 3.62. The van der Waals surface area contributed by atoms with Crippen LogP contribution < -0.4 is 11.2 Å². The smallest absolute Gasteiger partial charge is 0.337 e. The lowest BCUT2D eigenvalue weighted by atomic mass is 10.3. The van der Waals surface area contributed by atoms with Crippen LogP contribution in [-0.2, 0) is 24.0 Å². The summed E-state index contributed by atoms with van der Waals surface area (Å²) in [7, 11) is 0. The number of nitrogens with two attached hydrogens (primary N) is 1. The van der Waals surface area contributed by atoms with Crippen LogP contribution in [0.5, 0.6) is 0 Å². The Bertz CT molecular complexity index is 277. The van der Waals surface area contributed by atoms with Crippen molar-refractivity contribution in [3.63, 3.8) is 0 Å². The minimum atomic E-state index is -0.848. The molecule has 0 aromatic rings. The van der Waals surface area contributed by atoms with Crippen LogP contribution in [0.3, 0.4) is 0 Å². The van der Waals surface area contributed by atoms with Gasteiger partial charge in [0, 0.05) is 19.2 Å². The average Bonchev–Trinajstić information content (AvgIpc) is 2.26. The molecule has 0 saturated heterocycles. The summed E-state index contributed by atoms with van der Waals surface area (Å²) in [4.78, 5) is 36.9. The van der Waals surface area contributed by atoms with E-state index < -0.39 is 17.9 Å². The monoisotopic (exact) mass is 230 g/mol. The summed E-state index contributed by atoms with van der Waals surface area (Å²) in [6.45, 7) is 3.77. The molecule has 7 nitrogen and oxygen atoms in total. The van der Waals surface area contributed by atoms with E-state index in [1.807, 2.05) is 0 Å². The van der Waals surface area contributed by atoms with E-state index in [0.717, 1.165) is 6.08 Å². The molecule has 0 spiro atoms. The molecule has 0 saturated carbocycles. The Morgan fingerprint density at radius 2 is 1.88 bits per heavy atom. The highest BCUT2D eigenvalue weighted by atomic mass is 16.7. The molecule has 16 heavy (non-hydrogen) atoms. The third kappa shape index (κ3) is 7.65. The number of carbonyl (C=O) groups is 3. The summed E-state index contributed by atoms with van der Waals surface area (Å²) in [6, 6.07) is 0. The van der Waals surface area contributed by atoms with Gasteiger partial charge in [0.2, 0.25) is 0 Å². The van der Waals surface area contributed by atoms with Crippen LogP contribution in [0.2, 0.25) is 0 Å². The lowest BCUT2D eigenvalue weighted by molar-refractivity contribution is -0.160. The molecule has 0 bridgehead atoms. The molecule has 0 atom stereocenters. The second-order valence-electron chi connectivity index (χ2n) is 2.65. The van der Waals surface area contributed by atoms with Gasteiger partial charge in [0.1, 0.15) is 0 Å². The van der Waals surface area contributed by atoms with E-state index in [1.54, 1.807) is 0 Å². The Morgan fingerprint density at radius 3 is 2.44 bits per heavy atom. The second-order valence-corrected chi connectivity index (χ2v) is 2.65. The molecule has 0 aromatic carbocycles. The van der Waals surface area contributed by atoms with Gasteiger partial charge < -0.3 is 15.3 Å². The lowest BCUT2D eigenvalue weighted by Crippen LogP contribution is -2.26. The highest BCUT2D eigenvalue weighted by molar-refractivity contribution is 5.92. The second kappa shape index (κ2) is 8.57. The summed E-state index contributed by atoms with van der Waals surface area (Å²) in [5.74, 6) is -2.28. The molecule has 90 valence electrons. The first-order chi connectivity index (χ1) is 7.60. The average molecular weight is 230 g/mol.